The van der Waals surface area contributed by atoms with E-state index in [2.05, 4.69) is 12.1 Å². The lowest BCUT2D eigenvalue weighted by Crippen LogP contribution is -2.02. The van der Waals surface area contributed by atoms with Crippen LogP contribution in [0.25, 0.3) is 5.65 Å². The van der Waals surface area contributed by atoms with Crippen LogP contribution in [-0.4, -0.2) is 14.5 Å². The molecule has 2 aromatic heterocycles. The number of rotatable bonds is 3. The van der Waals surface area contributed by atoms with E-state index in [1.54, 1.807) is 6.92 Å². The van der Waals surface area contributed by atoms with E-state index in [0.29, 0.717) is 0 Å². The first-order chi connectivity index (χ1) is 9.66. The number of hydrogen-bond donors (Lipinski definition) is 1. The molecule has 0 fully saturated rings. The SMILES string of the molecule is Cc1cccn2c(C(C)O)c(Cc3ccccc3)nc12. The average molecular weight is 266 g/mol. The quantitative estimate of drug-likeness (QED) is 0.790. The Morgan fingerprint density at radius 1 is 1.15 bits per heavy atom. The Bertz CT molecular complexity index is 729. The van der Waals surface area contributed by atoms with Crippen LogP contribution in [0.5, 0.6) is 0 Å². The molecular formula is C17H18N2O. The molecule has 1 N–H and O–H groups in total. The summed E-state index contributed by atoms with van der Waals surface area (Å²) in [5, 5.41) is 10.1. The molecule has 0 amide bonds. The van der Waals surface area contributed by atoms with Crippen molar-refractivity contribution in [2.24, 2.45) is 0 Å². The molecule has 102 valence electrons. The van der Waals surface area contributed by atoms with Crippen molar-refractivity contribution < 1.29 is 5.11 Å². The maximum absolute atomic E-state index is 10.1. The zero-order chi connectivity index (χ0) is 14.1. The van der Waals surface area contributed by atoms with Gasteiger partial charge in [-0.2, -0.15) is 0 Å². The first-order valence-electron chi connectivity index (χ1n) is 6.85. The highest BCUT2D eigenvalue weighted by Gasteiger charge is 2.17. The molecule has 1 unspecified atom stereocenters. The van der Waals surface area contributed by atoms with Gasteiger partial charge in [-0.15, -0.1) is 0 Å². The number of fused-ring (bicyclic) bond motifs is 1. The summed E-state index contributed by atoms with van der Waals surface area (Å²) < 4.78 is 2.00. The molecule has 0 aliphatic carbocycles. The van der Waals surface area contributed by atoms with Crippen molar-refractivity contribution in [1.82, 2.24) is 9.38 Å². The van der Waals surface area contributed by atoms with Gasteiger partial charge in [0.2, 0.25) is 0 Å². The van der Waals surface area contributed by atoms with Gasteiger partial charge in [0.25, 0.3) is 0 Å². The van der Waals surface area contributed by atoms with Crippen molar-refractivity contribution in [3.05, 3.63) is 71.2 Å². The van der Waals surface area contributed by atoms with Gasteiger partial charge in [0.1, 0.15) is 5.65 Å². The lowest BCUT2D eigenvalue weighted by molar-refractivity contribution is 0.192. The van der Waals surface area contributed by atoms with Crippen molar-refractivity contribution in [3.63, 3.8) is 0 Å². The predicted molar refractivity (Wildman–Crippen MR) is 79.8 cm³/mol. The van der Waals surface area contributed by atoms with Crippen LogP contribution in [0, 0.1) is 6.92 Å². The first kappa shape index (κ1) is 12.9. The molecule has 0 saturated heterocycles. The summed E-state index contributed by atoms with van der Waals surface area (Å²) in [6.07, 6.45) is 2.17. The topological polar surface area (TPSA) is 37.5 Å². The maximum Gasteiger partial charge on any atom is 0.140 e. The van der Waals surface area contributed by atoms with Crippen LogP contribution in [0.3, 0.4) is 0 Å². The molecule has 2 heterocycles. The number of hydrogen-bond acceptors (Lipinski definition) is 2. The normalized spacial score (nSPS) is 12.8. The van der Waals surface area contributed by atoms with Gasteiger partial charge in [-0.25, -0.2) is 4.98 Å². The van der Waals surface area contributed by atoms with Crippen LogP contribution in [0.1, 0.15) is 35.5 Å². The minimum absolute atomic E-state index is 0.537. The molecule has 0 saturated carbocycles. The van der Waals surface area contributed by atoms with Gasteiger partial charge in [0.05, 0.1) is 17.5 Å². The predicted octanol–water partition coefficient (Wildman–Crippen LogP) is 3.29. The van der Waals surface area contributed by atoms with E-state index in [-0.39, 0.29) is 0 Å². The van der Waals surface area contributed by atoms with Gasteiger partial charge in [-0.1, -0.05) is 36.4 Å². The molecule has 0 aliphatic heterocycles. The van der Waals surface area contributed by atoms with Crippen LogP contribution in [0.4, 0.5) is 0 Å². The van der Waals surface area contributed by atoms with Gasteiger partial charge in [-0.3, -0.25) is 0 Å². The molecule has 3 aromatic rings. The van der Waals surface area contributed by atoms with Crippen LogP contribution in [-0.2, 0) is 6.42 Å². The number of pyridine rings is 1. The van der Waals surface area contributed by atoms with Crippen molar-refractivity contribution in [2.75, 3.05) is 0 Å². The zero-order valence-electron chi connectivity index (χ0n) is 11.7. The summed E-state index contributed by atoms with van der Waals surface area (Å²) in [6.45, 7) is 3.83. The summed E-state index contributed by atoms with van der Waals surface area (Å²) in [5.41, 5.74) is 5.08. The van der Waals surface area contributed by atoms with Crippen molar-refractivity contribution in [2.45, 2.75) is 26.4 Å². The Hall–Kier alpha value is -2.13. The van der Waals surface area contributed by atoms with Crippen molar-refractivity contribution in [1.29, 1.82) is 0 Å². The Kier molecular flexibility index (Phi) is 3.28. The Labute approximate surface area is 118 Å². The first-order valence-corrected chi connectivity index (χ1v) is 6.85. The Morgan fingerprint density at radius 2 is 1.90 bits per heavy atom. The minimum Gasteiger partial charge on any atom is -0.387 e. The molecular weight excluding hydrogens is 248 g/mol. The minimum atomic E-state index is -0.537. The molecule has 0 bridgehead atoms. The number of aliphatic hydroxyl groups is 1. The molecule has 3 rings (SSSR count). The molecule has 0 radical (unpaired) electrons. The fourth-order valence-electron chi connectivity index (χ4n) is 2.63. The number of aryl methyl sites for hydroxylation is 1. The molecule has 1 aromatic carbocycles. The number of nitrogens with zero attached hydrogens (tertiary/aromatic N) is 2. The molecule has 0 aliphatic rings. The van der Waals surface area contributed by atoms with E-state index in [1.165, 1.54) is 5.56 Å². The van der Waals surface area contributed by atoms with Gasteiger partial charge in [-0.05, 0) is 31.0 Å². The summed E-state index contributed by atoms with van der Waals surface area (Å²) in [7, 11) is 0. The van der Waals surface area contributed by atoms with Gasteiger partial charge in [0, 0.05) is 12.6 Å². The van der Waals surface area contributed by atoms with Crippen LogP contribution < -0.4 is 0 Å². The summed E-state index contributed by atoms with van der Waals surface area (Å²) in [5.74, 6) is 0. The van der Waals surface area contributed by atoms with E-state index in [4.69, 9.17) is 4.98 Å². The van der Waals surface area contributed by atoms with Crippen LogP contribution in [0.15, 0.2) is 48.7 Å². The van der Waals surface area contributed by atoms with Gasteiger partial charge in [0.15, 0.2) is 0 Å². The third kappa shape index (κ3) is 2.21. The number of imidazole rings is 1. The number of benzene rings is 1. The fourth-order valence-corrected chi connectivity index (χ4v) is 2.63. The third-order valence-electron chi connectivity index (χ3n) is 3.57. The summed E-state index contributed by atoms with van der Waals surface area (Å²) in [6, 6.07) is 14.3. The molecule has 1 atom stereocenters. The summed E-state index contributed by atoms with van der Waals surface area (Å²) >= 11 is 0. The highest BCUT2D eigenvalue weighted by atomic mass is 16.3. The molecule has 3 nitrogen and oxygen atoms in total. The maximum atomic E-state index is 10.1. The molecule has 20 heavy (non-hydrogen) atoms. The highest BCUT2D eigenvalue weighted by Crippen LogP contribution is 2.23. The fraction of sp³-hybridized carbons (Fsp3) is 0.235. The van der Waals surface area contributed by atoms with Crippen molar-refractivity contribution >= 4 is 5.65 Å². The number of aliphatic hydroxyl groups excluding tert-OH is 1. The highest BCUT2D eigenvalue weighted by molar-refractivity contribution is 5.51. The Morgan fingerprint density at radius 3 is 2.60 bits per heavy atom. The summed E-state index contributed by atoms with van der Waals surface area (Å²) in [4.78, 5) is 4.73. The van der Waals surface area contributed by atoms with E-state index in [0.717, 1.165) is 29.0 Å². The lowest BCUT2D eigenvalue weighted by atomic mass is 10.1. The van der Waals surface area contributed by atoms with E-state index in [9.17, 15) is 5.11 Å². The molecule has 0 spiro atoms. The van der Waals surface area contributed by atoms with Crippen LogP contribution in [0.2, 0.25) is 0 Å². The van der Waals surface area contributed by atoms with Gasteiger partial charge >= 0.3 is 0 Å². The second-order valence-corrected chi connectivity index (χ2v) is 5.17. The third-order valence-corrected chi connectivity index (χ3v) is 3.57. The largest absolute Gasteiger partial charge is 0.387 e. The van der Waals surface area contributed by atoms with Crippen LogP contribution >= 0.6 is 0 Å². The van der Waals surface area contributed by atoms with Gasteiger partial charge < -0.3 is 9.51 Å². The Balaban J connectivity index is 2.15. The van der Waals surface area contributed by atoms with E-state index >= 15 is 0 Å². The van der Waals surface area contributed by atoms with E-state index in [1.807, 2.05) is 47.9 Å². The second kappa shape index (κ2) is 5.10. The smallest absolute Gasteiger partial charge is 0.140 e. The lowest BCUT2D eigenvalue weighted by Gasteiger charge is -2.08. The molecule has 3 heteroatoms. The van der Waals surface area contributed by atoms with Crippen molar-refractivity contribution in [3.8, 4) is 0 Å². The zero-order valence-corrected chi connectivity index (χ0v) is 11.7. The monoisotopic (exact) mass is 266 g/mol. The van der Waals surface area contributed by atoms with E-state index < -0.39 is 6.10 Å². The standard InChI is InChI=1S/C17H18N2O/c1-12-7-6-10-19-16(13(2)20)15(18-17(12)19)11-14-8-4-3-5-9-14/h3-10,13,20H,11H2,1-2H3. The average Bonchev–Trinajstić information content (AvgIpc) is 2.79. The number of aromatic nitrogens is 2. The second-order valence-electron chi connectivity index (χ2n) is 5.17.